The number of esters is 1. The highest BCUT2D eigenvalue weighted by atomic mass is 19.1. The molecule has 0 saturated carbocycles. The molecule has 4 aromatic rings. The number of benzene rings is 3. The van der Waals surface area contributed by atoms with Crippen LogP contribution >= 0.6 is 0 Å². The van der Waals surface area contributed by atoms with E-state index in [2.05, 4.69) is 5.10 Å². The number of carbonyl (C=O) groups excluding carboxylic acids is 1. The van der Waals surface area contributed by atoms with Gasteiger partial charge in [0.05, 0.1) is 13.3 Å². The first kappa shape index (κ1) is 23.7. The first-order valence-electron chi connectivity index (χ1n) is 11.7. The molecule has 0 saturated heterocycles. The van der Waals surface area contributed by atoms with Crippen LogP contribution in [0.4, 0.5) is 8.78 Å². The van der Waals surface area contributed by atoms with Crippen LogP contribution < -0.4 is 4.74 Å². The molecule has 5 rings (SSSR count). The first-order chi connectivity index (χ1) is 17.3. The highest BCUT2D eigenvalue weighted by Crippen LogP contribution is 2.46. The summed E-state index contributed by atoms with van der Waals surface area (Å²) >= 11 is 0. The number of hydrogen-bond acceptors (Lipinski definition) is 4. The summed E-state index contributed by atoms with van der Waals surface area (Å²) in [5.41, 5.74) is 1.95. The van der Waals surface area contributed by atoms with Gasteiger partial charge in [-0.25, -0.2) is 8.78 Å². The second-order valence-corrected chi connectivity index (χ2v) is 9.11. The average molecular weight is 489 g/mol. The van der Waals surface area contributed by atoms with Crippen molar-refractivity contribution in [3.63, 3.8) is 0 Å². The molecule has 0 N–H and O–H groups in total. The standard InChI is InChI=1S/C29H26F2N2O3/c1-18-24(5-4-6-25(18)30)29(28(34)36-17-19-7-10-22(35-3)11-8-19)14-13-20(15-29)23-12-9-21-16-32-33(2)27(21)26(23)31/h4-12,15-16H,13-14,17H2,1-3H3. The highest BCUT2D eigenvalue weighted by Gasteiger charge is 2.45. The van der Waals surface area contributed by atoms with E-state index in [9.17, 15) is 9.18 Å². The molecular formula is C29H26F2N2O3. The second kappa shape index (κ2) is 9.22. The Morgan fingerprint density at radius 2 is 1.89 bits per heavy atom. The minimum absolute atomic E-state index is 0.0530. The Bertz CT molecular complexity index is 1490. The lowest BCUT2D eigenvalue weighted by molar-refractivity contribution is -0.150. The number of hydrogen-bond donors (Lipinski definition) is 0. The molecule has 1 aromatic heterocycles. The third-order valence-corrected chi connectivity index (χ3v) is 7.04. The van der Waals surface area contributed by atoms with Crippen LogP contribution in [0.3, 0.4) is 0 Å². The fourth-order valence-electron chi connectivity index (χ4n) is 5.03. The van der Waals surface area contributed by atoms with E-state index in [4.69, 9.17) is 9.47 Å². The van der Waals surface area contributed by atoms with E-state index >= 15 is 4.39 Å². The highest BCUT2D eigenvalue weighted by molar-refractivity contribution is 5.93. The maximum Gasteiger partial charge on any atom is 0.320 e. The van der Waals surface area contributed by atoms with Crippen molar-refractivity contribution in [3.8, 4) is 5.75 Å². The molecule has 0 spiro atoms. The van der Waals surface area contributed by atoms with Gasteiger partial charge in [0.15, 0.2) is 5.82 Å². The van der Waals surface area contributed by atoms with Crippen LogP contribution in [0.15, 0.2) is 66.9 Å². The minimum atomic E-state index is -1.23. The molecule has 1 aliphatic carbocycles. The zero-order chi connectivity index (χ0) is 25.4. The zero-order valence-corrected chi connectivity index (χ0v) is 20.3. The molecule has 0 fully saturated rings. The topological polar surface area (TPSA) is 53.4 Å². The van der Waals surface area contributed by atoms with Crippen molar-refractivity contribution in [2.24, 2.45) is 7.05 Å². The Morgan fingerprint density at radius 3 is 2.64 bits per heavy atom. The second-order valence-electron chi connectivity index (χ2n) is 9.11. The fourth-order valence-corrected chi connectivity index (χ4v) is 5.03. The Labute approximate surface area is 208 Å². The first-order valence-corrected chi connectivity index (χ1v) is 11.7. The van der Waals surface area contributed by atoms with Crippen LogP contribution in [0.5, 0.6) is 5.75 Å². The molecule has 1 aliphatic rings. The van der Waals surface area contributed by atoms with Crippen molar-refractivity contribution in [1.29, 1.82) is 0 Å². The normalized spacial score (nSPS) is 17.3. The summed E-state index contributed by atoms with van der Waals surface area (Å²) < 4.78 is 42.6. The van der Waals surface area contributed by atoms with E-state index in [1.165, 1.54) is 10.7 Å². The Kier molecular flexibility index (Phi) is 6.08. The third-order valence-electron chi connectivity index (χ3n) is 7.04. The lowest BCUT2D eigenvalue weighted by atomic mass is 9.77. The number of fused-ring (bicyclic) bond motifs is 1. The quantitative estimate of drug-likeness (QED) is 0.311. The molecule has 1 unspecified atom stereocenters. The van der Waals surface area contributed by atoms with Crippen molar-refractivity contribution in [3.05, 3.63) is 101 Å². The summed E-state index contributed by atoms with van der Waals surface area (Å²) in [6, 6.07) is 15.4. The number of aryl methyl sites for hydroxylation is 1. The van der Waals surface area contributed by atoms with Crippen molar-refractivity contribution in [1.82, 2.24) is 9.78 Å². The molecule has 1 heterocycles. The van der Waals surface area contributed by atoms with Gasteiger partial charge in [-0.1, -0.05) is 42.5 Å². The van der Waals surface area contributed by atoms with Gasteiger partial charge in [0.25, 0.3) is 0 Å². The van der Waals surface area contributed by atoms with E-state index < -0.39 is 23.0 Å². The summed E-state index contributed by atoms with van der Waals surface area (Å²) in [7, 11) is 3.27. The smallest absolute Gasteiger partial charge is 0.320 e. The van der Waals surface area contributed by atoms with Gasteiger partial charge in [0.2, 0.25) is 0 Å². The van der Waals surface area contributed by atoms with E-state index in [1.807, 2.05) is 18.2 Å². The van der Waals surface area contributed by atoms with Crippen LogP contribution in [-0.2, 0) is 28.6 Å². The number of ether oxygens (including phenoxy) is 2. The predicted octanol–water partition coefficient (Wildman–Crippen LogP) is 6.03. The van der Waals surface area contributed by atoms with Gasteiger partial charge in [0.1, 0.15) is 29.1 Å². The van der Waals surface area contributed by atoms with Gasteiger partial charge in [-0.05, 0) is 60.2 Å². The summed E-state index contributed by atoms with van der Waals surface area (Å²) in [4.78, 5) is 13.7. The molecule has 0 amide bonds. The van der Waals surface area contributed by atoms with Gasteiger partial charge in [-0.15, -0.1) is 0 Å². The Hall–Kier alpha value is -4.00. The third kappa shape index (κ3) is 3.94. The van der Waals surface area contributed by atoms with Crippen LogP contribution in [-0.4, -0.2) is 22.9 Å². The molecule has 0 radical (unpaired) electrons. The molecule has 0 bridgehead atoms. The SMILES string of the molecule is COc1ccc(COC(=O)C2(c3cccc(F)c3C)C=C(c3ccc4cnn(C)c4c3F)CC2)cc1. The van der Waals surface area contributed by atoms with Gasteiger partial charge in [-0.3, -0.25) is 9.48 Å². The van der Waals surface area contributed by atoms with E-state index in [1.54, 1.807) is 63.7 Å². The van der Waals surface area contributed by atoms with Crippen molar-refractivity contribution in [2.75, 3.05) is 7.11 Å². The van der Waals surface area contributed by atoms with Gasteiger partial charge >= 0.3 is 5.97 Å². The van der Waals surface area contributed by atoms with E-state index in [-0.39, 0.29) is 6.61 Å². The summed E-state index contributed by atoms with van der Waals surface area (Å²) in [5, 5.41) is 4.85. The minimum Gasteiger partial charge on any atom is -0.497 e. The van der Waals surface area contributed by atoms with Gasteiger partial charge in [-0.2, -0.15) is 5.10 Å². The van der Waals surface area contributed by atoms with Gasteiger partial charge in [0, 0.05) is 18.0 Å². The molecule has 1 atom stereocenters. The number of aromatic nitrogens is 2. The van der Waals surface area contributed by atoms with Crippen molar-refractivity contribution >= 4 is 22.4 Å². The summed E-state index contributed by atoms with van der Waals surface area (Å²) in [6.45, 7) is 1.70. The van der Waals surface area contributed by atoms with Crippen molar-refractivity contribution < 1.29 is 23.0 Å². The maximum atomic E-state index is 15.6. The Morgan fingerprint density at radius 1 is 1.11 bits per heavy atom. The molecule has 5 nitrogen and oxygen atoms in total. The number of rotatable bonds is 6. The monoisotopic (exact) mass is 488 g/mol. The van der Waals surface area contributed by atoms with Crippen molar-refractivity contribution in [2.45, 2.75) is 31.8 Å². The number of nitrogens with zero attached hydrogens (tertiary/aromatic N) is 2. The molecule has 184 valence electrons. The Balaban J connectivity index is 1.55. The summed E-state index contributed by atoms with van der Waals surface area (Å²) in [5.74, 6) is -0.590. The van der Waals surface area contributed by atoms with Crippen LogP contribution in [0, 0.1) is 18.6 Å². The van der Waals surface area contributed by atoms with E-state index in [0.717, 1.165) is 5.56 Å². The lowest BCUT2D eigenvalue weighted by Gasteiger charge is -2.27. The lowest BCUT2D eigenvalue weighted by Crippen LogP contribution is -2.34. The van der Waals surface area contributed by atoms with E-state index in [0.29, 0.717) is 51.8 Å². The molecule has 36 heavy (non-hydrogen) atoms. The number of methoxy groups -OCH3 is 1. The molecular weight excluding hydrogens is 462 g/mol. The number of allylic oxidation sites excluding steroid dienone is 1. The zero-order valence-electron chi connectivity index (χ0n) is 20.3. The largest absolute Gasteiger partial charge is 0.497 e. The van der Waals surface area contributed by atoms with Gasteiger partial charge < -0.3 is 9.47 Å². The van der Waals surface area contributed by atoms with Crippen LogP contribution in [0.2, 0.25) is 0 Å². The maximum absolute atomic E-state index is 15.6. The number of halogens is 2. The molecule has 3 aromatic carbocycles. The predicted molar refractivity (Wildman–Crippen MR) is 133 cm³/mol. The molecule has 0 aliphatic heterocycles. The fraction of sp³-hybridized carbons (Fsp3) is 0.241. The van der Waals surface area contributed by atoms with Crippen LogP contribution in [0.25, 0.3) is 16.5 Å². The van der Waals surface area contributed by atoms with Crippen LogP contribution in [0.1, 0.15) is 35.1 Å². The number of carbonyl (C=O) groups is 1. The summed E-state index contributed by atoms with van der Waals surface area (Å²) in [6.07, 6.45) is 4.15. The average Bonchev–Trinajstić information content (AvgIpc) is 3.50. The molecule has 7 heteroatoms.